The zero-order valence-electron chi connectivity index (χ0n) is 12.9. The molecule has 0 saturated heterocycles. The first-order chi connectivity index (χ1) is 9.93. The Labute approximate surface area is 132 Å². The summed E-state index contributed by atoms with van der Waals surface area (Å²) >= 11 is 6.10. The molecule has 3 rings (SSSR count). The summed E-state index contributed by atoms with van der Waals surface area (Å²) in [5.74, 6) is 0. The van der Waals surface area contributed by atoms with Gasteiger partial charge in [-0.15, -0.1) is 0 Å². The number of hydrogen-bond acceptors (Lipinski definition) is 1. The molecule has 0 bridgehead atoms. The highest BCUT2D eigenvalue weighted by Gasteiger charge is 2.24. The smallest absolute Gasteiger partial charge is 0.0408 e. The van der Waals surface area contributed by atoms with Crippen LogP contribution in [0, 0.1) is 0 Å². The van der Waals surface area contributed by atoms with E-state index in [9.17, 15) is 0 Å². The van der Waals surface area contributed by atoms with Gasteiger partial charge < -0.3 is 5.32 Å². The van der Waals surface area contributed by atoms with Crippen LogP contribution >= 0.6 is 11.6 Å². The van der Waals surface area contributed by atoms with E-state index in [4.69, 9.17) is 11.6 Å². The summed E-state index contributed by atoms with van der Waals surface area (Å²) in [6.45, 7) is 6.78. The van der Waals surface area contributed by atoms with Crippen molar-refractivity contribution in [3.63, 3.8) is 0 Å². The lowest BCUT2D eigenvalue weighted by atomic mass is 9.85. The topological polar surface area (TPSA) is 12.0 Å². The van der Waals surface area contributed by atoms with E-state index >= 15 is 0 Å². The molecule has 1 aliphatic carbocycles. The Balaban J connectivity index is 1.81. The lowest BCUT2D eigenvalue weighted by Gasteiger charge is -2.25. The molecule has 2 aromatic carbocycles. The molecule has 1 atom stereocenters. The summed E-state index contributed by atoms with van der Waals surface area (Å²) in [5.41, 5.74) is 5.59. The molecule has 0 saturated carbocycles. The van der Waals surface area contributed by atoms with Gasteiger partial charge in [-0.2, -0.15) is 0 Å². The van der Waals surface area contributed by atoms with Gasteiger partial charge in [-0.3, -0.25) is 0 Å². The number of nitrogens with one attached hydrogen (secondary N) is 1. The van der Waals surface area contributed by atoms with Crippen molar-refractivity contribution in [2.75, 3.05) is 5.32 Å². The molecular weight excluding hydrogens is 278 g/mol. The van der Waals surface area contributed by atoms with Gasteiger partial charge >= 0.3 is 0 Å². The fourth-order valence-electron chi connectivity index (χ4n) is 3.17. The number of rotatable bonds is 2. The first-order valence-corrected chi connectivity index (χ1v) is 7.94. The zero-order valence-corrected chi connectivity index (χ0v) is 13.7. The quantitative estimate of drug-likeness (QED) is 0.802. The van der Waals surface area contributed by atoms with Crippen molar-refractivity contribution in [1.29, 1.82) is 0 Å². The summed E-state index contributed by atoms with van der Waals surface area (Å²) < 4.78 is 0. The number of benzene rings is 2. The molecule has 1 nitrogen and oxygen atoms in total. The molecular formula is C19H22ClN. The second kappa shape index (κ2) is 5.38. The van der Waals surface area contributed by atoms with Crippen LogP contribution in [0.3, 0.4) is 0 Å². The van der Waals surface area contributed by atoms with E-state index in [2.05, 4.69) is 62.5 Å². The highest BCUT2D eigenvalue weighted by Crippen LogP contribution is 2.32. The van der Waals surface area contributed by atoms with Crippen molar-refractivity contribution in [2.24, 2.45) is 0 Å². The Morgan fingerprint density at radius 3 is 2.48 bits per heavy atom. The Kier molecular flexibility index (Phi) is 3.71. The van der Waals surface area contributed by atoms with Crippen LogP contribution < -0.4 is 5.32 Å². The van der Waals surface area contributed by atoms with E-state index < -0.39 is 0 Å². The van der Waals surface area contributed by atoms with E-state index in [0.29, 0.717) is 6.04 Å². The van der Waals surface area contributed by atoms with Gasteiger partial charge in [-0.05, 0) is 53.1 Å². The summed E-state index contributed by atoms with van der Waals surface area (Å²) in [6, 6.07) is 15.4. The number of halogens is 1. The van der Waals surface area contributed by atoms with E-state index in [-0.39, 0.29) is 5.41 Å². The first-order valence-electron chi connectivity index (χ1n) is 7.57. The van der Waals surface area contributed by atoms with Crippen LogP contribution in [-0.4, -0.2) is 6.04 Å². The minimum absolute atomic E-state index is 0.151. The molecule has 0 amide bonds. The summed E-state index contributed by atoms with van der Waals surface area (Å²) in [6.07, 6.45) is 2.12. The van der Waals surface area contributed by atoms with Gasteiger partial charge in [0.25, 0.3) is 0 Å². The minimum Gasteiger partial charge on any atom is -0.381 e. The van der Waals surface area contributed by atoms with Crippen LogP contribution in [-0.2, 0) is 18.3 Å². The van der Waals surface area contributed by atoms with Crippen molar-refractivity contribution in [3.05, 3.63) is 64.2 Å². The standard InChI is InChI=1S/C19H22ClN/c1-19(2,3)17-6-4-5-7-18(17)21-16-11-13-8-9-15(20)10-14(13)12-16/h4-10,16,21H,11-12H2,1-3H3. The molecule has 0 fully saturated rings. The van der Waals surface area contributed by atoms with Gasteiger partial charge in [0.05, 0.1) is 0 Å². The van der Waals surface area contributed by atoms with Crippen LogP contribution in [0.15, 0.2) is 42.5 Å². The molecule has 0 heterocycles. The number of hydrogen-bond donors (Lipinski definition) is 1. The number of fused-ring (bicyclic) bond motifs is 1. The Hall–Kier alpha value is -1.47. The highest BCUT2D eigenvalue weighted by molar-refractivity contribution is 6.30. The third-order valence-electron chi connectivity index (χ3n) is 4.20. The largest absolute Gasteiger partial charge is 0.381 e. The molecule has 110 valence electrons. The molecule has 2 aromatic rings. The SMILES string of the molecule is CC(C)(C)c1ccccc1NC1Cc2ccc(Cl)cc2C1. The van der Waals surface area contributed by atoms with Crippen molar-refractivity contribution >= 4 is 17.3 Å². The number of anilines is 1. The van der Waals surface area contributed by atoms with Crippen LogP contribution in [0.5, 0.6) is 0 Å². The minimum atomic E-state index is 0.151. The Morgan fingerprint density at radius 2 is 1.71 bits per heavy atom. The van der Waals surface area contributed by atoms with Crippen LogP contribution in [0.4, 0.5) is 5.69 Å². The fourth-order valence-corrected chi connectivity index (χ4v) is 3.37. The van der Waals surface area contributed by atoms with E-state index in [1.54, 1.807) is 0 Å². The molecule has 1 unspecified atom stereocenters. The summed E-state index contributed by atoms with van der Waals surface area (Å²) in [5, 5.41) is 4.58. The lowest BCUT2D eigenvalue weighted by Crippen LogP contribution is -2.23. The molecule has 0 radical (unpaired) electrons. The predicted octanol–water partition coefficient (Wildman–Crippen LogP) is 5.22. The van der Waals surface area contributed by atoms with Gasteiger partial charge in [0.2, 0.25) is 0 Å². The van der Waals surface area contributed by atoms with Crippen LogP contribution in [0.2, 0.25) is 5.02 Å². The molecule has 1 aliphatic rings. The average molecular weight is 300 g/mol. The monoisotopic (exact) mass is 299 g/mol. The third-order valence-corrected chi connectivity index (χ3v) is 4.43. The van der Waals surface area contributed by atoms with Gasteiger partial charge in [0.1, 0.15) is 0 Å². The maximum absolute atomic E-state index is 6.10. The van der Waals surface area contributed by atoms with Crippen LogP contribution in [0.1, 0.15) is 37.5 Å². The van der Waals surface area contributed by atoms with Crippen LogP contribution in [0.25, 0.3) is 0 Å². The van der Waals surface area contributed by atoms with Gasteiger partial charge in [-0.25, -0.2) is 0 Å². The van der Waals surface area contributed by atoms with E-state index in [1.807, 2.05) is 6.07 Å². The van der Waals surface area contributed by atoms with Crippen molar-refractivity contribution in [3.8, 4) is 0 Å². The predicted molar refractivity (Wildman–Crippen MR) is 91.4 cm³/mol. The third kappa shape index (κ3) is 3.08. The van der Waals surface area contributed by atoms with Gasteiger partial charge in [0, 0.05) is 16.8 Å². The summed E-state index contributed by atoms with van der Waals surface area (Å²) in [7, 11) is 0. The molecule has 0 aromatic heterocycles. The second-order valence-corrected chi connectivity index (χ2v) is 7.39. The average Bonchev–Trinajstić information content (AvgIpc) is 2.79. The fraction of sp³-hybridized carbons (Fsp3) is 0.368. The first kappa shape index (κ1) is 14.5. The zero-order chi connectivity index (χ0) is 15.0. The summed E-state index contributed by atoms with van der Waals surface area (Å²) in [4.78, 5) is 0. The van der Waals surface area contributed by atoms with Gasteiger partial charge in [0.15, 0.2) is 0 Å². The second-order valence-electron chi connectivity index (χ2n) is 6.96. The van der Waals surface area contributed by atoms with Crippen molar-refractivity contribution < 1.29 is 0 Å². The maximum atomic E-state index is 6.10. The molecule has 21 heavy (non-hydrogen) atoms. The number of para-hydroxylation sites is 1. The van der Waals surface area contributed by atoms with Crippen molar-refractivity contribution in [2.45, 2.75) is 45.1 Å². The maximum Gasteiger partial charge on any atom is 0.0408 e. The molecule has 2 heteroatoms. The Morgan fingerprint density at radius 1 is 1.00 bits per heavy atom. The highest BCUT2D eigenvalue weighted by atomic mass is 35.5. The Bertz CT molecular complexity index is 655. The molecule has 1 N–H and O–H groups in total. The van der Waals surface area contributed by atoms with E-state index in [1.165, 1.54) is 22.4 Å². The molecule has 0 spiro atoms. The lowest BCUT2D eigenvalue weighted by molar-refractivity contribution is 0.590. The van der Waals surface area contributed by atoms with E-state index in [0.717, 1.165) is 17.9 Å². The normalized spacial score (nSPS) is 17.6. The molecule has 0 aliphatic heterocycles. The van der Waals surface area contributed by atoms with Gasteiger partial charge in [-0.1, -0.05) is 56.6 Å². The van der Waals surface area contributed by atoms with Crippen molar-refractivity contribution in [1.82, 2.24) is 0 Å².